The molecule has 0 fully saturated rings. The van der Waals surface area contributed by atoms with Gasteiger partial charge in [0.05, 0.1) is 10.6 Å². The zero-order valence-corrected chi connectivity index (χ0v) is 15.3. The van der Waals surface area contributed by atoms with Crippen molar-refractivity contribution in [3.8, 4) is 16.9 Å². The molecule has 0 N–H and O–H groups in total. The Morgan fingerprint density at radius 2 is 1.61 bits per heavy atom. The van der Waals surface area contributed by atoms with Crippen LogP contribution < -0.4 is 9.64 Å². The van der Waals surface area contributed by atoms with Crippen molar-refractivity contribution in [2.75, 3.05) is 11.9 Å². The third kappa shape index (κ3) is 4.43. The van der Waals surface area contributed by atoms with Gasteiger partial charge in [-0.05, 0) is 53.6 Å². The third-order valence-corrected chi connectivity index (χ3v) is 4.32. The first kappa shape index (κ1) is 19.7. The van der Waals surface area contributed by atoms with Gasteiger partial charge in [0, 0.05) is 25.1 Å². The molecule has 144 valence electrons. The predicted octanol–water partition coefficient (Wildman–Crippen LogP) is 6.06. The predicted molar refractivity (Wildman–Crippen MR) is 101 cm³/mol. The largest absolute Gasteiger partial charge is 0.419 e. The number of carbonyl (C=O) groups is 1. The number of pyridine rings is 1. The molecule has 0 aliphatic carbocycles. The van der Waals surface area contributed by atoms with Gasteiger partial charge >= 0.3 is 12.3 Å². The van der Waals surface area contributed by atoms with E-state index in [1.165, 1.54) is 13.1 Å². The summed E-state index contributed by atoms with van der Waals surface area (Å²) in [5.41, 5.74) is 0.845. The molecule has 1 aromatic heterocycles. The lowest BCUT2D eigenvalue weighted by molar-refractivity contribution is -0.137. The molecule has 0 aliphatic rings. The molecule has 28 heavy (non-hydrogen) atoms. The van der Waals surface area contributed by atoms with E-state index >= 15 is 0 Å². The van der Waals surface area contributed by atoms with Crippen LogP contribution in [-0.2, 0) is 6.18 Å². The number of ether oxygens (including phenoxy) is 1. The van der Waals surface area contributed by atoms with Crippen LogP contribution in [0.3, 0.4) is 0 Å². The second kappa shape index (κ2) is 7.90. The van der Waals surface area contributed by atoms with Gasteiger partial charge in [-0.2, -0.15) is 13.2 Å². The van der Waals surface area contributed by atoms with Gasteiger partial charge in [-0.25, -0.2) is 4.79 Å². The molecular formula is C20H14ClF3N2O2. The maximum atomic E-state index is 13.0. The first-order valence-corrected chi connectivity index (χ1v) is 8.46. The first-order chi connectivity index (χ1) is 13.3. The van der Waals surface area contributed by atoms with E-state index < -0.39 is 22.9 Å². The van der Waals surface area contributed by atoms with Crippen molar-refractivity contribution in [2.24, 2.45) is 0 Å². The minimum Gasteiger partial charge on any atom is -0.410 e. The minimum atomic E-state index is -4.62. The van der Waals surface area contributed by atoms with Crippen LogP contribution in [0.2, 0.25) is 5.02 Å². The summed E-state index contributed by atoms with van der Waals surface area (Å²) in [7, 11) is 1.32. The molecular weight excluding hydrogens is 393 g/mol. The first-order valence-electron chi connectivity index (χ1n) is 8.08. The molecule has 0 unspecified atom stereocenters. The summed E-state index contributed by atoms with van der Waals surface area (Å²) in [5, 5.41) is -0.440. The van der Waals surface area contributed by atoms with Crippen molar-refractivity contribution in [2.45, 2.75) is 6.18 Å². The molecule has 0 saturated carbocycles. The molecule has 0 saturated heterocycles. The molecule has 1 amide bonds. The molecule has 0 aliphatic heterocycles. The monoisotopic (exact) mass is 406 g/mol. The topological polar surface area (TPSA) is 42.4 Å². The average Bonchev–Trinajstić information content (AvgIpc) is 2.68. The van der Waals surface area contributed by atoms with E-state index in [1.807, 2.05) is 12.1 Å². The Hall–Kier alpha value is -3.06. The van der Waals surface area contributed by atoms with Gasteiger partial charge < -0.3 is 4.74 Å². The van der Waals surface area contributed by atoms with E-state index in [4.69, 9.17) is 16.3 Å². The maximum Gasteiger partial charge on any atom is 0.419 e. The fourth-order valence-corrected chi connectivity index (χ4v) is 2.70. The minimum absolute atomic E-state index is 0.00938. The Morgan fingerprint density at radius 1 is 1.00 bits per heavy atom. The number of hydrogen-bond acceptors (Lipinski definition) is 3. The molecule has 3 aromatic rings. The van der Waals surface area contributed by atoms with E-state index in [-0.39, 0.29) is 11.4 Å². The van der Waals surface area contributed by atoms with Gasteiger partial charge in [0.25, 0.3) is 0 Å². The zero-order valence-electron chi connectivity index (χ0n) is 14.6. The Balaban J connectivity index is 1.74. The lowest BCUT2D eigenvalue weighted by Crippen LogP contribution is -2.29. The number of alkyl halides is 3. The van der Waals surface area contributed by atoms with Crippen LogP contribution in [0.5, 0.6) is 5.75 Å². The van der Waals surface area contributed by atoms with E-state index in [1.54, 1.807) is 36.7 Å². The highest BCUT2D eigenvalue weighted by atomic mass is 35.5. The molecule has 0 spiro atoms. The quantitative estimate of drug-likeness (QED) is 0.531. The highest BCUT2D eigenvalue weighted by Crippen LogP contribution is 2.37. The summed E-state index contributed by atoms with van der Waals surface area (Å²) >= 11 is 5.60. The third-order valence-electron chi connectivity index (χ3n) is 3.99. The highest BCUT2D eigenvalue weighted by Gasteiger charge is 2.34. The van der Waals surface area contributed by atoms with E-state index in [9.17, 15) is 18.0 Å². The van der Waals surface area contributed by atoms with Gasteiger partial charge in [-0.3, -0.25) is 9.88 Å². The van der Waals surface area contributed by atoms with Crippen LogP contribution >= 0.6 is 11.6 Å². The van der Waals surface area contributed by atoms with E-state index in [2.05, 4.69) is 4.98 Å². The van der Waals surface area contributed by atoms with Crippen LogP contribution in [0.1, 0.15) is 5.56 Å². The van der Waals surface area contributed by atoms with Crippen LogP contribution in [-0.4, -0.2) is 18.1 Å². The summed E-state index contributed by atoms with van der Waals surface area (Å²) in [6, 6.07) is 13.6. The number of anilines is 1. The summed E-state index contributed by atoms with van der Waals surface area (Å²) in [5.74, 6) is 0.264. The standard InChI is InChI=1S/C20H14ClF3N2O2/c1-26(15-4-7-18(21)17(12-15)20(22,23)24)19(27)28-16-5-2-13(3-6-16)14-8-10-25-11-9-14/h2-12H,1H3. The molecule has 0 atom stereocenters. The van der Waals surface area contributed by atoms with Gasteiger partial charge in [0.1, 0.15) is 5.75 Å². The number of carbonyl (C=O) groups excluding carboxylic acids is 1. The maximum absolute atomic E-state index is 13.0. The molecule has 4 nitrogen and oxygen atoms in total. The smallest absolute Gasteiger partial charge is 0.410 e. The van der Waals surface area contributed by atoms with Crippen LogP contribution in [0.25, 0.3) is 11.1 Å². The fourth-order valence-electron chi connectivity index (χ4n) is 2.47. The summed E-state index contributed by atoms with van der Waals surface area (Å²) in [6.45, 7) is 0. The number of hydrogen-bond donors (Lipinski definition) is 0. The Labute approximate surface area is 164 Å². The second-order valence-electron chi connectivity index (χ2n) is 5.85. The van der Waals surface area contributed by atoms with Crippen LogP contribution in [0.15, 0.2) is 67.0 Å². The second-order valence-corrected chi connectivity index (χ2v) is 6.26. The van der Waals surface area contributed by atoms with Gasteiger partial charge in [-0.1, -0.05) is 23.7 Å². The zero-order chi connectivity index (χ0) is 20.3. The normalized spacial score (nSPS) is 11.2. The molecule has 0 radical (unpaired) electrons. The number of nitrogens with zero attached hydrogens (tertiary/aromatic N) is 2. The van der Waals surface area contributed by atoms with Crippen molar-refractivity contribution in [1.29, 1.82) is 0 Å². The fraction of sp³-hybridized carbons (Fsp3) is 0.100. The van der Waals surface area contributed by atoms with Gasteiger partial charge in [0.15, 0.2) is 0 Å². The lowest BCUT2D eigenvalue weighted by atomic mass is 10.1. The Morgan fingerprint density at radius 3 is 2.21 bits per heavy atom. The SMILES string of the molecule is CN(C(=O)Oc1ccc(-c2ccncc2)cc1)c1ccc(Cl)c(C(F)(F)F)c1. The summed E-state index contributed by atoms with van der Waals surface area (Å²) in [4.78, 5) is 17.2. The van der Waals surface area contributed by atoms with Gasteiger partial charge in [-0.15, -0.1) is 0 Å². The van der Waals surface area contributed by atoms with Crippen LogP contribution in [0.4, 0.5) is 23.7 Å². The van der Waals surface area contributed by atoms with Crippen molar-refractivity contribution in [3.63, 3.8) is 0 Å². The number of halogens is 4. The van der Waals surface area contributed by atoms with Crippen LogP contribution in [0, 0.1) is 0 Å². The lowest BCUT2D eigenvalue weighted by Gasteiger charge is -2.19. The number of aromatic nitrogens is 1. The number of rotatable bonds is 3. The summed E-state index contributed by atoms with van der Waals surface area (Å²) < 4.78 is 44.2. The van der Waals surface area contributed by atoms with Crippen molar-refractivity contribution in [1.82, 2.24) is 4.98 Å². The number of amides is 1. The Bertz CT molecular complexity index is 977. The number of benzene rings is 2. The average molecular weight is 407 g/mol. The Kier molecular flexibility index (Phi) is 5.56. The summed E-state index contributed by atoms with van der Waals surface area (Å²) in [6.07, 6.45) is -2.12. The molecule has 8 heteroatoms. The molecule has 0 bridgehead atoms. The van der Waals surface area contributed by atoms with Gasteiger partial charge in [0.2, 0.25) is 0 Å². The molecule has 3 rings (SSSR count). The van der Waals surface area contributed by atoms with Crippen molar-refractivity contribution in [3.05, 3.63) is 77.6 Å². The van der Waals surface area contributed by atoms with E-state index in [0.717, 1.165) is 28.2 Å². The molecule has 1 heterocycles. The van der Waals surface area contributed by atoms with E-state index in [0.29, 0.717) is 0 Å². The van der Waals surface area contributed by atoms with Crippen molar-refractivity contribution >= 4 is 23.4 Å². The highest BCUT2D eigenvalue weighted by molar-refractivity contribution is 6.31. The molecule has 2 aromatic carbocycles. The van der Waals surface area contributed by atoms with Crippen molar-refractivity contribution < 1.29 is 22.7 Å².